The highest BCUT2D eigenvalue weighted by atomic mass is 16.5. The first-order valence-corrected chi connectivity index (χ1v) is 8.22. The molecule has 2 aromatic rings. The van der Waals surface area contributed by atoms with Gasteiger partial charge in [0.2, 0.25) is 5.91 Å². The van der Waals surface area contributed by atoms with E-state index in [0.717, 1.165) is 30.7 Å². The number of benzene rings is 1. The van der Waals surface area contributed by atoms with E-state index < -0.39 is 0 Å². The van der Waals surface area contributed by atoms with Gasteiger partial charge in [0.1, 0.15) is 11.6 Å². The third-order valence-corrected chi connectivity index (χ3v) is 4.30. The summed E-state index contributed by atoms with van der Waals surface area (Å²) < 4.78 is 5.14. The van der Waals surface area contributed by atoms with Gasteiger partial charge < -0.3 is 15.4 Å². The molecule has 1 fully saturated rings. The number of H-pyrrole nitrogens is 1. The van der Waals surface area contributed by atoms with Crippen LogP contribution in [-0.4, -0.2) is 40.8 Å². The molecule has 3 N–H and O–H groups in total. The van der Waals surface area contributed by atoms with E-state index >= 15 is 0 Å². The number of piperidine rings is 1. The van der Waals surface area contributed by atoms with E-state index in [-0.39, 0.29) is 11.8 Å². The number of nitrogens with one attached hydrogen (secondary N) is 3. The average Bonchev–Trinajstić information content (AvgIpc) is 3.09. The number of rotatable bonds is 5. The summed E-state index contributed by atoms with van der Waals surface area (Å²) in [6.07, 6.45) is 1.75. The molecule has 3 rings (SSSR count). The number of aromatic amines is 1. The zero-order valence-electron chi connectivity index (χ0n) is 14.0. The van der Waals surface area contributed by atoms with Gasteiger partial charge in [0.05, 0.1) is 13.7 Å². The minimum atomic E-state index is 0.0743. The molecule has 0 radical (unpaired) electrons. The molecule has 1 aromatic heterocycles. The van der Waals surface area contributed by atoms with Gasteiger partial charge in [-0.25, -0.2) is 4.98 Å². The lowest BCUT2D eigenvalue weighted by Gasteiger charge is -2.26. The number of aromatic nitrogens is 3. The van der Waals surface area contributed by atoms with Gasteiger partial charge in [0, 0.05) is 17.5 Å². The fraction of sp³-hybridized carbons (Fsp3) is 0.471. The smallest absolute Gasteiger partial charge is 0.223 e. The summed E-state index contributed by atoms with van der Waals surface area (Å²) in [6, 6.07) is 7.93. The second-order valence-electron chi connectivity index (χ2n) is 6.13. The van der Waals surface area contributed by atoms with E-state index in [4.69, 9.17) is 4.74 Å². The molecule has 0 aliphatic carbocycles. The number of amides is 1. The summed E-state index contributed by atoms with van der Waals surface area (Å²) in [5.41, 5.74) is 0.900. The Balaban J connectivity index is 1.56. The highest BCUT2D eigenvalue weighted by Crippen LogP contribution is 2.19. The maximum atomic E-state index is 12.2. The monoisotopic (exact) mass is 329 g/mol. The maximum Gasteiger partial charge on any atom is 0.223 e. The molecular weight excluding hydrogens is 306 g/mol. The lowest BCUT2D eigenvalue weighted by Crippen LogP contribution is -2.42. The van der Waals surface area contributed by atoms with Crippen LogP contribution in [0.15, 0.2) is 24.3 Å². The van der Waals surface area contributed by atoms with Crippen molar-refractivity contribution in [3.63, 3.8) is 0 Å². The number of hydrogen-bond acceptors (Lipinski definition) is 5. The average molecular weight is 329 g/mol. The van der Waals surface area contributed by atoms with Crippen LogP contribution in [0.3, 0.4) is 0 Å². The lowest BCUT2D eigenvalue weighted by molar-refractivity contribution is -0.126. The number of hydrogen-bond donors (Lipinski definition) is 3. The molecule has 0 bridgehead atoms. The van der Waals surface area contributed by atoms with Gasteiger partial charge in [-0.2, -0.15) is 5.10 Å². The van der Waals surface area contributed by atoms with Crippen molar-refractivity contribution in [1.82, 2.24) is 25.8 Å². The first-order chi connectivity index (χ1) is 11.7. The highest BCUT2D eigenvalue weighted by molar-refractivity contribution is 5.78. The Kier molecular flexibility index (Phi) is 5.10. The quantitative estimate of drug-likeness (QED) is 0.773. The van der Waals surface area contributed by atoms with Crippen molar-refractivity contribution in [2.75, 3.05) is 13.7 Å². The van der Waals surface area contributed by atoms with Crippen molar-refractivity contribution >= 4 is 5.91 Å². The molecule has 1 aliphatic heterocycles. The summed E-state index contributed by atoms with van der Waals surface area (Å²) in [5, 5.41) is 13.4. The van der Waals surface area contributed by atoms with Crippen LogP contribution in [0, 0.1) is 5.92 Å². The summed E-state index contributed by atoms with van der Waals surface area (Å²) in [7, 11) is 1.63. The summed E-state index contributed by atoms with van der Waals surface area (Å²) in [6.45, 7) is 3.36. The van der Waals surface area contributed by atoms with Gasteiger partial charge in [-0.1, -0.05) is 0 Å². The Morgan fingerprint density at radius 1 is 1.38 bits per heavy atom. The van der Waals surface area contributed by atoms with Crippen LogP contribution < -0.4 is 15.4 Å². The molecule has 7 heteroatoms. The minimum absolute atomic E-state index is 0.0743. The summed E-state index contributed by atoms with van der Waals surface area (Å²) in [5.74, 6) is 2.21. The Morgan fingerprint density at radius 3 is 2.88 bits per heavy atom. The van der Waals surface area contributed by atoms with E-state index in [2.05, 4.69) is 32.7 Å². The van der Waals surface area contributed by atoms with E-state index in [1.165, 1.54) is 0 Å². The van der Waals surface area contributed by atoms with Gasteiger partial charge in [0.15, 0.2) is 5.82 Å². The molecular formula is C17H23N5O2. The van der Waals surface area contributed by atoms with Crippen LogP contribution in [-0.2, 0) is 11.3 Å². The van der Waals surface area contributed by atoms with Gasteiger partial charge >= 0.3 is 0 Å². The Labute approximate surface area is 141 Å². The SMILES string of the molecule is COc1ccc(-c2n[nH]c(CNC(=O)[C@H]3CCN[C@@H](C)C3)n2)cc1. The lowest BCUT2D eigenvalue weighted by atomic mass is 9.92. The second kappa shape index (κ2) is 7.44. The van der Waals surface area contributed by atoms with Crippen LogP contribution in [0.1, 0.15) is 25.6 Å². The van der Waals surface area contributed by atoms with E-state index in [0.29, 0.717) is 24.2 Å². The van der Waals surface area contributed by atoms with Crippen molar-refractivity contribution in [3.8, 4) is 17.1 Å². The highest BCUT2D eigenvalue weighted by Gasteiger charge is 2.24. The van der Waals surface area contributed by atoms with E-state index in [1.54, 1.807) is 7.11 Å². The standard InChI is InChI=1S/C17H23N5O2/c1-11-9-13(7-8-18-11)17(23)19-10-15-20-16(22-21-15)12-3-5-14(24-2)6-4-12/h3-6,11,13,18H,7-10H2,1-2H3,(H,19,23)(H,20,21,22)/t11-,13-/m0/s1. The second-order valence-corrected chi connectivity index (χ2v) is 6.13. The molecule has 1 aromatic carbocycles. The first kappa shape index (κ1) is 16.4. The Hall–Kier alpha value is -2.41. The predicted octanol–water partition coefficient (Wildman–Crippen LogP) is 1.48. The van der Waals surface area contributed by atoms with Gasteiger partial charge in [-0.05, 0) is 50.6 Å². The fourth-order valence-electron chi connectivity index (χ4n) is 2.93. The molecule has 0 spiro atoms. The van der Waals surface area contributed by atoms with Crippen molar-refractivity contribution in [1.29, 1.82) is 0 Å². The van der Waals surface area contributed by atoms with E-state index in [1.807, 2.05) is 24.3 Å². The largest absolute Gasteiger partial charge is 0.497 e. The fourth-order valence-corrected chi connectivity index (χ4v) is 2.93. The van der Waals surface area contributed by atoms with Crippen molar-refractivity contribution < 1.29 is 9.53 Å². The topological polar surface area (TPSA) is 91.9 Å². The van der Waals surface area contributed by atoms with Crippen LogP contribution in [0.25, 0.3) is 11.4 Å². The molecule has 1 aliphatic rings. The number of ether oxygens (including phenoxy) is 1. The van der Waals surface area contributed by atoms with Crippen molar-refractivity contribution in [2.24, 2.45) is 5.92 Å². The third-order valence-electron chi connectivity index (χ3n) is 4.30. The third kappa shape index (κ3) is 3.91. The Morgan fingerprint density at radius 2 is 2.17 bits per heavy atom. The van der Waals surface area contributed by atoms with Crippen molar-refractivity contribution in [3.05, 3.63) is 30.1 Å². The molecule has 128 valence electrons. The Bertz CT molecular complexity index is 683. The number of nitrogens with zero attached hydrogens (tertiary/aromatic N) is 2. The maximum absolute atomic E-state index is 12.2. The summed E-state index contributed by atoms with van der Waals surface area (Å²) in [4.78, 5) is 16.7. The minimum Gasteiger partial charge on any atom is -0.497 e. The molecule has 24 heavy (non-hydrogen) atoms. The zero-order valence-corrected chi connectivity index (χ0v) is 14.0. The van der Waals surface area contributed by atoms with E-state index in [9.17, 15) is 4.79 Å². The normalized spacial score (nSPS) is 20.6. The van der Waals surface area contributed by atoms with Crippen LogP contribution in [0.5, 0.6) is 5.75 Å². The zero-order chi connectivity index (χ0) is 16.9. The molecule has 2 heterocycles. The number of methoxy groups -OCH3 is 1. The molecule has 7 nitrogen and oxygen atoms in total. The van der Waals surface area contributed by atoms with Crippen LogP contribution in [0.4, 0.5) is 0 Å². The van der Waals surface area contributed by atoms with Gasteiger partial charge in [0.25, 0.3) is 0 Å². The van der Waals surface area contributed by atoms with Gasteiger partial charge in [-0.15, -0.1) is 0 Å². The first-order valence-electron chi connectivity index (χ1n) is 8.22. The predicted molar refractivity (Wildman–Crippen MR) is 90.4 cm³/mol. The van der Waals surface area contributed by atoms with Crippen LogP contribution in [0.2, 0.25) is 0 Å². The molecule has 1 saturated heterocycles. The number of carbonyl (C=O) groups is 1. The molecule has 0 saturated carbocycles. The molecule has 2 atom stereocenters. The van der Waals surface area contributed by atoms with Gasteiger partial charge in [-0.3, -0.25) is 9.89 Å². The van der Waals surface area contributed by atoms with Crippen molar-refractivity contribution in [2.45, 2.75) is 32.4 Å². The molecule has 0 unspecified atom stereocenters. The molecule has 1 amide bonds. The summed E-state index contributed by atoms with van der Waals surface area (Å²) >= 11 is 0. The van der Waals surface area contributed by atoms with Crippen LogP contribution >= 0.6 is 0 Å². The number of carbonyl (C=O) groups excluding carboxylic acids is 1.